The molecule has 0 spiro atoms. The van der Waals surface area contributed by atoms with Crippen LogP contribution in [0, 0.1) is 0 Å². The van der Waals surface area contributed by atoms with E-state index in [1.807, 2.05) is 67.1 Å². The van der Waals surface area contributed by atoms with Crippen LogP contribution in [0.5, 0.6) is 0 Å². The van der Waals surface area contributed by atoms with Crippen molar-refractivity contribution in [3.63, 3.8) is 0 Å². The molecule has 0 aliphatic heterocycles. The summed E-state index contributed by atoms with van der Waals surface area (Å²) in [6, 6.07) is 109. The maximum atomic E-state index is 5.30. The van der Waals surface area contributed by atoms with Crippen LogP contribution in [0.2, 0.25) is 0 Å². The summed E-state index contributed by atoms with van der Waals surface area (Å²) in [5.74, 6) is 1.40. The number of nitrogens with zero attached hydrogens (tertiary/aromatic N) is 6. The average molecular weight is 1170 g/mol. The first-order chi connectivity index (χ1) is 45.6. The van der Waals surface area contributed by atoms with E-state index in [2.05, 4.69) is 271 Å². The average Bonchev–Trinajstić information content (AvgIpc) is 0.858. The molecule has 0 unspecified atom stereocenters. The van der Waals surface area contributed by atoms with Crippen molar-refractivity contribution in [2.45, 2.75) is 0 Å². The van der Waals surface area contributed by atoms with Crippen molar-refractivity contribution in [1.29, 1.82) is 0 Å². The van der Waals surface area contributed by atoms with Crippen LogP contribution < -0.4 is 0 Å². The fourth-order valence-electron chi connectivity index (χ4n) is 12.8. The summed E-state index contributed by atoms with van der Waals surface area (Å²) in [7, 11) is 0. The molecule has 0 aliphatic carbocycles. The van der Waals surface area contributed by atoms with Gasteiger partial charge in [0.1, 0.15) is 0 Å². The molecule has 0 fully saturated rings. The minimum Gasteiger partial charge on any atom is -0.264 e. The van der Waals surface area contributed by atoms with E-state index in [1.165, 1.54) is 76.1 Å². The van der Waals surface area contributed by atoms with Crippen molar-refractivity contribution in [3.05, 3.63) is 340 Å². The Morgan fingerprint density at radius 3 is 1.27 bits per heavy atom. The second-order valence-corrected chi connectivity index (χ2v) is 23.0. The van der Waals surface area contributed by atoms with Crippen molar-refractivity contribution >= 4 is 53.9 Å². The van der Waals surface area contributed by atoms with Crippen LogP contribution in [-0.2, 0) is 0 Å². The van der Waals surface area contributed by atoms with Gasteiger partial charge in [0.15, 0.2) is 11.6 Å². The number of rotatable bonds is 10. The van der Waals surface area contributed by atoms with E-state index in [9.17, 15) is 0 Å². The molecule has 17 rings (SSSR count). The maximum Gasteiger partial charge on any atom is 0.160 e. The van der Waals surface area contributed by atoms with Crippen molar-refractivity contribution in [2.24, 2.45) is 0 Å². The zero-order chi connectivity index (χ0) is 61.2. The first-order valence-electron chi connectivity index (χ1n) is 30.9. The lowest BCUT2D eigenvalue weighted by Crippen LogP contribution is -1.96. The van der Waals surface area contributed by atoms with Gasteiger partial charge in [-0.3, -0.25) is 9.97 Å². The highest BCUT2D eigenvalue weighted by Crippen LogP contribution is 2.41. The Morgan fingerprint density at radius 1 is 0.196 bits per heavy atom. The summed E-state index contributed by atoms with van der Waals surface area (Å²) in [5.41, 5.74) is 18.9. The van der Waals surface area contributed by atoms with Gasteiger partial charge in [0, 0.05) is 75.5 Å². The normalized spacial score (nSPS) is 11.3. The summed E-state index contributed by atoms with van der Waals surface area (Å²) in [5, 5.41) is 12.4. The second kappa shape index (κ2) is 24.3. The summed E-state index contributed by atoms with van der Waals surface area (Å²) in [4.78, 5) is 29.1. The van der Waals surface area contributed by atoms with E-state index in [1.54, 1.807) is 12.4 Å². The van der Waals surface area contributed by atoms with Crippen molar-refractivity contribution in [2.75, 3.05) is 0 Å². The molecule has 0 bridgehead atoms. The van der Waals surface area contributed by atoms with Gasteiger partial charge in [-0.1, -0.05) is 267 Å². The van der Waals surface area contributed by atoms with Crippen molar-refractivity contribution < 1.29 is 0 Å². The molecule has 13 aromatic carbocycles. The van der Waals surface area contributed by atoms with E-state index >= 15 is 0 Å². The fraction of sp³-hybridized carbons (Fsp3) is 0. The Balaban J connectivity index is 0.000000161. The Labute approximate surface area is 533 Å². The van der Waals surface area contributed by atoms with Gasteiger partial charge in [-0.15, -0.1) is 0 Å². The molecule has 4 heterocycles. The molecular formula is C86H56N6. The summed E-state index contributed by atoms with van der Waals surface area (Å²) in [6.45, 7) is 0. The van der Waals surface area contributed by atoms with Crippen LogP contribution in [0.4, 0.5) is 0 Å². The smallest absolute Gasteiger partial charge is 0.160 e. The minimum absolute atomic E-state index is 0.688. The van der Waals surface area contributed by atoms with Crippen LogP contribution in [0.3, 0.4) is 0 Å². The van der Waals surface area contributed by atoms with Gasteiger partial charge in [-0.05, 0) is 135 Å². The maximum absolute atomic E-state index is 5.30. The molecule has 0 saturated heterocycles. The molecular weight excluding hydrogens is 1120 g/mol. The Bertz CT molecular complexity index is 5510. The van der Waals surface area contributed by atoms with Gasteiger partial charge in [0.2, 0.25) is 0 Å². The van der Waals surface area contributed by atoms with E-state index in [-0.39, 0.29) is 0 Å². The third kappa shape index (κ3) is 10.8. The third-order valence-electron chi connectivity index (χ3n) is 17.4. The SMILES string of the molecule is c1ccc(-c2ccc(-c3nc(-c4ccccc4)ncc3-c3cccc(-c4cccnc4)c3)cc2)cc1.c1cncc(-c2cccc(-c3cc(-c4ccc(-c5cc6ccccc6c6ccccc56)cc4)nc(-c4ccc5c6ccccc6c6ccccc6c5c4)n3)c2)c1. The van der Waals surface area contributed by atoms with Gasteiger partial charge < -0.3 is 0 Å². The standard InChI is InChI=1S/C53H33N3.C33H23N3/c1-2-15-41-37(11-1)30-49(46-20-7-3-16-42(41)46)34-22-24-35(25-23-34)51-32-52(38-13-9-12-36(29-38)40-14-10-28-54-33-40)56-53(55-51)39-26-27-48-45-19-5-4-17-43(45)44-18-6-8-21-47(44)50(48)31-39;1-3-9-24(10-4-1)25-16-18-26(19-17-25)32-31(23-35-33(36-32)27-11-5-2-6-12-27)29-14-7-13-28(21-29)30-15-8-20-34-22-30/h1-33H;1-23H. The molecule has 0 radical (unpaired) electrons. The van der Waals surface area contributed by atoms with Crippen LogP contribution in [-0.4, -0.2) is 29.9 Å². The van der Waals surface area contributed by atoms with Crippen molar-refractivity contribution in [1.82, 2.24) is 29.9 Å². The van der Waals surface area contributed by atoms with Crippen molar-refractivity contribution in [3.8, 4) is 112 Å². The molecule has 0 atom stereocenters. The van der Waals surface area contributed by atoms with Gasteiger partial charge in [0.05, 0.1) is 17.1 Å². The Morgan fingerprint density at radius 2 is 0.641 bits per heavy atom. The molecule has 430 valence electrons. The zero-order valence-electron chi connectivity index (χ0n) is 50.0. The predicted octanol–water partition coefficient (Wildman–Crippen LogP) is 22.2. The minimum atomic E-state index is 0.688. The topological polar surface area (TPSA) is 77.3 Å². The number of benzene rings is 13. The number of fused-ring (bicyclic) bond motifs is 9. The zero-order valence-corrected chi connectivity index (χ0v) is 50.0. The van der Waals surface area contributed by atoms with Crippen LogP contribution >= 0.6 is 0 Å². The third-order valence-corrected chi connectivity index (χ3v) is 17.4. The summed E-state index contributed by atoms with van der Waals surface area (Å²) in [6.07, 6.45) is 9.33. The highest BCUT2D eigenvalue weighted by molar-refractivity contribution is 6.25. The van der Waals surface area contributed by atoms with Gasteiger partial charge in [-0.25, -0.2) is 19.9 Å². The molecule has 6 heteroatoms. The quantitative estimate of drug-likeness (QED) is 0.127. The fourth-order valence-corrected chi connectivity index (χ4v) is 12.8. The number of aromatic nitrogens is 6. The number of pyridine rings is 2. The van der Waals surface area contributed by atoms with Gasteiger partial charge >= 0.3 is 0 Å². The predicted molar refractivity (Wildman–Crippen MR) is 382 cm³/mol. The molecule has 6 nitrogen and oxygen atoms in total. The highest BCUT2D eigenvalue weighted by Gasteiger charge is 2.18. The molecule has 0 amide bonds. The summed E-state index contributed by atoms with van der Waals surface area (Å²) >= 11 is 0. The second-order valence-electron chi connectivity index (χ2n) is 23.0. The highest BCUT2D eigenvalue weighted by atomic mass is 14.9. The largest absolute Gasteiger partial charge is 0.264 e. The number of hydrogen-bond donors (Lipinski definition) is 0. The van der Waals surface area contributed by atoms with Gasteiger partial charge in [-0.2, -0.15) is 0 Å². The monoisotopic (exact) mass is 1170 g/mol. The van der Waals surface area contributed by atoms with E-state index < -0.39 is 0 Å². The number of hydrogen-bond acceptors (Lipinski definition) is 6. The molecule has 0 saturated carbocycles. The molecule has 92 heavy (non-hydrogen) atoms. The molecule has 0 aliphatic rings. The van der Waals surface area contributed by atoms with E-state index in [0.29, 0.717) is 11.6 Å². The van der Waals surface area contributed by atoms with Crippen LogP contribution in [0.25, 0.3) is 166 Å². The molecule has 17 aromatic rings. The lowest BCUT2D eigenvalue weighted by molar-refractivity contribution is 1.18. The molecule has 0 N–H and O–H groups in total. The van der Waals surface area contributed by atoms with E-state index in [0.717, 1.165) is 78.3 Å². The Hall–Kier alpha value is -12.4. The first-order valence-corrected chi connectivity index (χ1v) is 30.9. The molecule has 4 aromatic heterocycles. The lowest BCUT2D eigenvalue weighted by atomic mass is 9.92. The first kappa shape index (κ1) is 55.0. The Kier molecular flexibility index (Phi) is 14.5. The van der Waals surface area contributed by atoms with E-state index in [4.69, 9.17) is 19.9 Å². The van der Waals surface area contributed by atoms with Crippen LogP contribution in [0.15, 0.2) is 340 Å². The lowest BCUT2D eigenvalue weighted by Gasteiger charge is -2.14. The van der Waals surface area contributed by atoms with Gasteiger partial charge in [0.25, 0.3) is 0 Å². The van der Waals surface area contributed by atoms with Crippen LogP contribution in [0.1, 0.15) is 0 Å². The summed E-state index contributed by atoms with van der Waals surface area (Å²) < 4.78 is 0.